The van der Waals surface area contributed by atoms with Crippen molar-refractivity contribution in [1.82, 2.24) is 5.32 Å². The molecule has 0 spiro atoms. The van der Waals surface area contributed by atoms with Crippen molar-refractivity contribution in [3.8, 4) is 0 Å². The fraction of sp³-hybridized carbons (Fsp3) is 0.900. The van der Waals surface area contributed by atoms with Crippen LogP contribution in [0.25, 0.3) is 0 Å². The molecule has 2 aliphatic carbocycles. The second-order valence-corrected chi connectivity index (χ2v) is 4.51. The van der Waals surface area contributed by atoms with Crippen LogP contribution in [0.15, 0.2) is 0 Å². The molecule has 1 amide bonds. The second-order valence-electron chi connectivity index (χ2n) is 4.51. The molecular formula is C10H18N2O. The third-order valence-electron chi connectivity index (χ3n) is 3.39. The fourth-order valence-corrected chi connectivity index (χ4v) is 2.19. The lowest BCUT2D eigenvalue weighted by atomic mass is 9.85. The third-order valence-corrected chi connectivity index (χ3v) is 3.39. The Labute approximate surface area is 79.1 Å². The van der Waals surface area contributed by atoms with Crippen molar-refractivity contribution in [1.29, 1.82) is 0 Å². The van der Waals surface area contributed by atoms with E-state index < -0.39 is 0 Å². The number of nitrogens with two attached hydrogens (primary N) is 1. The van der Waals surface area contributed by atoms with Crippen LogP contribution in [-0.4, -0.2) is 18.5 Å². The van der Waals surface area contributed by atoms with Gasteiger partial charge in [-0.2, -0.15) is 0 Å². The zero-order valence-corrected chi connectivity index (χ0v) is 8.01. The molecule has 0 aliphatic heterocycles. The maximum Gasteiger partial charge on any atom is 0.224 e. The average Bonchev–Trinajstić information content (AvgIpc) is 2.80. The van der Waals surface area contributed by atoms with E-state index in [9.17, 15) is 4.79 Å². The minimum Gasteiger partial charge on any atom is -0.369 e. The Balaban J connectivity index is 1.91. The van der Waals surface area contributed by atoms with Crippen LogP contribution >= 0.6 is 0 Å². The molecule has 2 rings (SSSR count). The van der Waals surface area contributed by atoms with Crippen molar-refractivity contribution in [3.05, 3.63) is 0 Å². The molecule has 3 heteroatoms. The zero-order chi connectivity index (χ0) is 9.31. The second kappa shape index (κ2) is 3.29. The number of hydrogen-bond acceptors (Lipinski definition) is 2. The minimum absolute atomic E-state index is 0.0989. The van der Waals surface area contributed by atoms with Gasteiger partial charge in [-0.3, -0.25) is 4.79 Å². The molecule has 0 atom stereocenters. The fourth-order valence-electron chi connectivity index (χ4n) is 2.19. The molecule has 0 unspecified atom stereocenters. The van der Waals surface area contributed by atoms with Crippen molar-refractivity contribution in [3.63, 3.8) is 0 Å². The van der Waals surface area contributed by atoms with Crippen molar-refractivity contribution in [2.24, 2.45) is 11.1 Å². The number of nitrogens with one attached hydrogen (secondary N) is 1. The molecule has 0 aromatic heterocycles. The smallest absolute Gasteiger partial charge is 0.224 e. The summed E-state index contributed by atoms with van der Waals surface area (Å²) in [7, 11) is 0. The standard InChI is InChI=1S/C10H18N2O/c11-9(13)10(5-1-2-6-10)7-12-8-3-4-8/h8,12H,1-7H2,(H2,11,13). The predicted molar refractivity (Wildman–Crippen MR) is 51.1 cm³/mol. The largest absolute Gasteiger partial charge is 0.369 e. The monoisotopic (exact) mass is 182 g/mol. The maximum atomic E-state index is 11.3. The summed E-state index contributed by atoms with van der Waals surface area (Å²) in [6.07, 6.45) is 6.85. The summed E-state index contributed by atoms with van der Waals surface area (Å²) in [6, 6.07) is 0.678. The van der Waals surface area contributed by atoms with Crippen LogP contribution in [-0.2, 0) is 4.79 Å². The molecule has 2 fully saturated rings. The molecule has 0 radical (unpaired) electrons. The number of amides is 1. The first-order chi connectivity index (χ1) is 6.23. The first-order valence-corrected chi connectivity index (χ1v) is 5.26. The molecule has 3 N–H and O–H groups in total. The molecule has 0 saturated heterocycles. The normalized spacial score (nSPS) is 26.2. The first-order valence-electron chi connectivity index (χ1n) is 5.26. The van der Waals surface area contributed by atoms with Crippen molar-refractivity contribution >= 4 is 5.91 Å². The Bertz CT molecular complexity index is 205. The highest BCUT2D eigenvalue weighted by molar-refractivity contribution is 5.81. The van der Waals surface area contributed by atoms with Crippen LogP contribution < -0.4 is 11.1 Å². The summed E-state index contributed by atoms with van der Waals surface area (Å²) in [4.78, 5) is 11.3. The Morgan fingerprint density at radius 1 is 1.38 bits per heavy atom. The van der Waals surface area contributed by atoms with E-state index >= 15 is 0 Å². The average molecular weight is 182 g/mol. The summed E-state index contributed by atoms with van der Waals surface area (Å²) in [5.74, 6) is -0.0989. The van der Waals surface area contributed by atoms with E-state index in [2.05, 4.69) is 5.32 Å². The lowest BCUT2D eigenvalue weighted by molar-refractivity contribution is -0.127. The lowest BCUT2D eigenvalue weighted by Gasteiger charge is -2.25. The van der Waals surface area contributed by atoms with Crippen LogP contribution in [0.2, 0.25) is 0 Å². The molecule has 0 heterocycles. The molecule has 3 nitrogen and oxygen atoms in total. The van der Waals surface area contributed by atoms with Crippen LogP contribution in [0.1, 0.15) is 38.5 Å². The Hall–Kier alpha value is -0.570. The van der Waals surface area contributed by atoms with Gasteiger partial charge in [-0.15, -0.1) is 0 Å². The van der Waals surface area contributed by atoms with Crippen molar-refractivity contribution < 1.29 is 4.79 Å². The van der Waals surface area contributed by atoms with E-state index in [4.69, 9.17) is 5.73 Å². The molecule has 2 aliphatic rings. The van der Waals surface area contributed by atoms with Gasteiger partial charge in [0.05, 0.1) is 5.41 Å². The molecule has 0 aromatic rings. The summed E-state index contributed by atoms with van der Waals surface area (Å²) in [6.45, 7) is 0.812. The van der Waals surface area contributed by atoms with Gasteiger partial charge >= 0.3 is 0 Å². The van der Waals surface area contributed by atoms with E-state index in [0.717, 1.165) is 32.2 Å². The van der Waals surface area contributed by atoms with Crippen molar-refractivity contribution in [2.75, 3.05) is 6.54 Å². The van der Waals surface area contributed by atoms with Crippen LogP contribution in [0, 0.1) is 5.41 Å². The Kier molecular flexibility index (Phi) is 2.28. The van der Waals surface area contributed by atoms with E-state index in [1.165, 1.54) is 12.8 Å². The van der Waals surface area contributed by atoms with Gasteiger partial charge in [0.25, 0.3) is 0 Å². The van der Waals surface area contributed by atoms with Gasteiger partial charge in [-0.1, -0.05) is 12.8 Å². The third kappa shape index (κ3) is 1.85. The van der Waals surface area contributed by atoms with E-state index in [1.54, 1.807) is 0 Å². The van der Waals surface area contributed by atoms with Gasteiger partial charge in [0.2, 0.25) is 5.91 Å². The number of primary amides is 1. The highest BCUT2D eigenvalue weighted by atomic mass is 16.1. The summed E-state index contributed by atoms with van der Waals surface area (Å²) in [5, 5.41) is 3.42. The van der Waals surface area contributed by atoms with Crippen LogP contribution in [0.5, 0.6) is 0 Å². The van der Waals surface area contributed by atoms with Gasteiger partial charge in [0.1, 0.15) is 0 Å². The minimum atomic E-state index is -0.206. The van der Waals surface area contributed by atoms with Crippen LogP contribution in [0.4, 0.5) is 0 Å². The summed E-state index contributed by atoms with van der Waals surface area (Å²) >= 11 is 0. The zero-order valence-electron chi connectivity index (χ0n) is 8.01. The molecule has 0 aromatic carbocycles. The van der Waals surface area contributed by atoms with Gasteiger partial charge in [-0.05, 0) is 25.7 Å². The van der Waals surface area contributed by atoms with E-state index in [0.29, 0.717) is 6.04 Å². The van der Waals surface area contributed by atoms with Gasteiger partial charge in [0.15, 0.2) is 0 Å². The molecular weight excluding hydrogens is 164 g/mol. The maximum absolute atomic E-state index is 11.3. The van der Waals surface area contributed by atoms with Crippen LogP contribution in [0.3, 0.4) is 0 Å². The number of carbonyl (C=O) groups is 1. The molecule has 0 bridgehead atoms. The van der Waals surface area contributed by atoms with E-state index in [1.807, 2.05) is 0 Å². The number of rotatable bonds is 4. The molecule has 2 saturated carbocycles. The lowest BCUT2D eigenvalue weighted by Crippen LogP contribution is -2.43. The Morgan fingerprint density at radius 2 is 2.00 bits per heavy atom. The predicted octanol–water partition coefficient (Wildman–Crippen LogP) is 0.784. The highest BCUT2D eigenvalue weighted by Gasteiger charge is 2.40. The first kappa shape index (κ1) is 9.00. The summed E-state index contributed by atoms with van der Waals surface area (Å²) < 4.78 is 0. The number of hydrogen-bond donors (Lipinski definition) is 2. The van der Waals surface area contributed by atoms with Crippen molar-refractivity contribution in [2.45, 2.75) is 44.6 Å². The summed E-state index contributed by atoms with van der Waals surface area (Å²) in [5.41, 5.74) is 5.25. The topological polar surface area (TPSA) is 55.1 Å². The van der Waals surface area contributed by atoms with Gasteiger partial charge in [0, 0.05) is 12.6 Å². The quantitative estimate of drug-likeness (QED) is 0.675. The number of carbonyl (C=O) groups excluding carboxylic acids is 1. The van der Waals surface area contributed by atoms with Gasteiger partial charge in [-0.25, -0.2) is 0 Å². The SMILES string of the molecule is NC(=O)C1(CNC2CC2)CCCC1. The molecule has 74 valence electrons. The van der Waals surface area contributed by atoms with E-state index in [-0.39, 0.29) is 11.3 Å². The Morgan fingerprint density at radius 3 is 2.46 bits per heavy atom. The van der Waals surface area contributed by atoms with Gasteiger partial charge < -0.3 is 11.1 Å². The molecule has 13 heavy (non-hydrogen) atoms. The highest BCUT2D eigenvalue weighted by Crippen LogP contribution is 2.37.